The Labute approximate surface area is 148 Å². The molecule has 1 unspecified atom stereocenters. The van der Waals surface area contributed by atoms with Crippen molar-refractivity contribution in [3.8, 4) is 5.75 Å². The third-order valence-electron chi connectivity index (χ3n) is 3.70. The molecule has 0 aliphatic carbocycles. The van der Waals surface area contributed by atoms with E-state index in [1.807, 2.05) is 30.3 Å². The van der Waals surface area contributed by atoms with Gasteiger partial charge in [-0.1, -0.05) is 64.1 Å². The number of nitrogens with two attached hydrogens (primary N) is 1. The summed E-state index contributed by atoms with van der Waals surface area (Å²) in [6.07, 6.45) is 2.97. The summed E-state index contributed by atoms with van der Waals surface area (Å²) in [5.74, 6) is 1.59. The molecule has 1 aliphatic heterocycles. The average Bonchev–Trinajstić information content (AvgIpc) is 2.55. The van der Waals surface area contributed by atoms with Gasteiger partial charge in [-0.25, -0.2) is 0 Å². The molecule has 118 valence electrons. The lowest BCUT2D eigenvalue weighted by Crippen LogP contribution is -2.15. The van der Waals surface area contributed by atoms with Crippen molar-refractivity contribution < 1.29 is 4.74 Å². The predicted octanol–water partition coefficient (Wildman–Crippen LogP) is 4.98. The predicted molar refractivity (Wildman–Crippen MR) is 101 cm³/mol. The first-order valence-electron chi connectivity index (χ1n) is 7.31. The normalized spacial score (nSPS) is 18.3. The monoisotopic (exact) mass is 388 g/mol. The van der Waals surface area contributed by atoms with Crippen molar-refractivity contribution in [3.05, 3.63) is 70.2 Å². The second kappa shape index (κ2) is 7.23. The summed E-state index contributed by atoms with van der Waals surface area (Å²) in [7, 11) is 0. The number of fused-ring (bicyclic) bond motifs is 1. The van der Waals surface area contributed by atoms with Crippen molar-refractivity contribution in [1.29, 1.82) is 5.41 Å². The Morgan fingerprint density at radius 2 is 2.09 bits per heavy atom. The van der Waals surface area contributed by atoms with Crippen LogP contribution in [0.5, 0.6) is 5.75 Å². The molecule has 23 heavy (non-hydrogen) atoms. The zero-order valence-corrected chi connectivity index (χ0v) is 14.9. The molecule has 0 amide bonds. The van der Waals surface area contributed by atoms with Gasteiger partial charge in [-0.15, -0.1) is 0 Å². The van der Waals surface area contributed by atoms with Crippen LogP contribution in [0, 0.1) is 5.41 Å². The Balaban J connectivity index is 1.93. The highest BCUT2D eigenvalue weighted by atomic mass is 79.9. The van der Waals surface area contributed by atoms with Crippen molar-refractivity contribution >= 4 is 38.4 Å². The largest absolute Gasteiger partial charge is 0.485 e. The zero-order chi connectivity index (χ0) is 16.2. The van der Waals surface area contributed by atoms with Crippen molar-refractivity contribution in [2.45, 2.75) is 12.5 Å². The molecular weight excluding hydrogens is 372 g/mol. The fourth-order valence-corrected chi connectivity index (χ4v) is 3.46. The molecule has 0 fully saturated rings. The molecule has 0 saturated heterocycles. The Morgan fingerprint density at radius 1 is 1.30 bits per heavy atom. The van der Waals surface area contributed by atoms with E-state index in [-0.39, 0.29) is 11.3 Å². The van der Waals surface area contributed by atoms with E-state index in [1.165, 1.54) is 22.9 Å². The van der Waals surface area contributed by atoms with Crippen molar-refractivity contribution in [2.24, 2.45) is 5.73 Å². The molecule has 0 saturated carbocycles. The molecule has 0 radical (unpaired) electrons. The molecular formula is C18H17BrN2OS. The molecule has 0 aromatic heterocycles. The molecule has 1 atom stereocenters. The van der Waals surface area contributed by atoms with Crippen molar-refractivity contribution in [1.82, 2.24) is 0 Å². The van der Waals surface area contributed by atoms with Gasteiger partial charge in [0, 0.05) is 22.2 Å². The standard InChI is InChI=1S/C18H17BrN2OS/c19-14-6-7-16-15(11-14)13(8-9-23-18(20)21)10-17(22-16)12-4-2-1-3-5-12/h1-8,11,17H,9-10H2,(H3,20,21). The lowest BCUT2D eigenvalue weighted by atomic mass is 9.92. The Hall–Kier alpha value is -1.72. The highest BCUT2D eigenvalue weighted by molar-refractivity contribution is 9.10. The second-order valence-corrected chi connectivity index (χ2v) is 7.24. The topological polar surface area (TPSA) is 59.1 Å². The van der Waals surface area contributed by atoms with Crippen LogP contribution >= 0.6 is 27.7 Å². The van der Waals surface area contributed by atoms with E-state index in [2.05, 4.69) is 40.2 Å². The minimum atomic E-state index is 0.0125. The summed E-state index contributed by atoms with van der Waals surface area (Å²) in [5, 5.41) is 7.49. The summed E-state index contributed by atoms with van der Waals surface area (Å²) in [4.78, 5) is 0. The van der Waals surface area contributed by atoms with Gasteiger partial charge < -0.3 is 10.5 Å². The number of rotatable bonds is 3. The summed E-state index contributed by atoms with van der Waals surface area (Å²) in [5.41, 5.74) is 8.94. The van der Waals surface area contributed by atoms with Crippen molar-refractivity contribution in [2.75, 3.05) is 5.75 Å². The molecule has 1 aliphatic rings. The minimum absolute atomic E-state index is 0.0125. The molecule has 0 spiro atoms. The molecule has 5 heteroatoms. The third-order valence-corrected chi connectivity index (χ3v) is 4.84. The van der Waals surface area contributed by atoms with E-state index < -0.39 is 0 Å². The first kappa shape index (κ1) is 16.1. The number of halogens is 1. The van der Waals surface area contributed by atoms with Gasteiger partial charge in [-0.2, -0.15) is 0 Å². The van der Waals surface area contributed by atoms with Crippen LogP contribution in [0.15, 0.2) is 59.1 Å². The molecule has 2 aromatic carbocycles. The Bertz CT molecular complexity index is 746. The third kappa shape index (κ3) is 3.98. The zero-order valence-electron chi connectivity index (χ0n) is 12.5. The SMILES string of the molecule is N=C(N)SCC=C1CC(c2ccccc2)Oc2ccc(Br)cc21. The first-order chi connectivity index (χ1) is 11.1. The lowest BCUT2D eigenvalue weighted by Gasteiger charge is -2.29. The van der Waals surface area contributed by atoms with E-state index in [4.69, 9.17) is 15.9 Å². The van der Waals surface area contributed by atoms with Crippen LogP contribution < -0.4 is 10.5 Å². The number of ether oxygens (including phenoxy) is 1. The number of nitrogens with one attached hydrogen (secondary N) is 1. The summed E-state index contributed by atoms with van der Waals surface area (Å²) < 4.78 is 7.23. The van der Waals surface area contributed by atoms with Gasteiger partial charge in [0.05, 0.1) is 0 Å². The highest BCUT2D eigenvalue weighted by Gasteiger charge is 2.24. The highest BCUT2D eigenvalue weighted by Crippen LogP contribution is 2.42. The van der Waals surface area contributed by atoms with E-state index in [9.17, 15) is 0 Å². The van der Waals surface area contributed by atoms with Crippen LogP contribution in [0.2, 0.25) is 0 Å². The fourth-order valence-electron chi connectivity index (χ4n) is 2.64. The maximum absolute atomic E-state index is 7.34. The number of amidine groups is 1. The van der Waals surface area contributed by atoms with Gasteiger partial charge in [0.15, 0.2) is 5.17 Å². The van der Waals surface area contributed by atoms with Crippen LogP contribution in [-0.4, -0.2) is 10.9 Å². The lowest BCUT2D eigenvalue weighted by molar-refractivity contribution is 0.202. The van der Waals surface area contributed by atoms with Crippen LogP contribution in [-0.2, 0) is 0 Å². The second-order valence-electron chi connectivity index (χ2n) is 5.27. The Morgan fingerprint density at radius 3 is 2.83 bits per heavy atom. The maximum atomic E-state index is 7.34. The number of benzene rings is 2. The Kier molecular flexibility index (Phi) is 5.08. The van der Waals surface area contributed by atoms with E-state index in [0.29, 0.717) is 5.75 Å². The van der Waals surface area contributed by atoms with Gasteiger partial charge in [-0.05, 0) is 29.3 Å². The fraction of sp³-hybridized carbons (Fsp3) is 0.167. The number of hydrogen-bond acceptors (Lipinski definition) is 3. The van der Waals surface area contributed by atoms with Crippen LogP contribution in [0.25, 0.3) is 5.57 Å². The first-order valence-corrected chi connectivity index (χ1v) is 9.08. The molecule has 3 nitrogen and oxygen atoms in total. The number of thioether (sulfide) groups is 1. The molecule has 1 heterocycles. The molecule has 3 N–H and O–H groups in total. The van der Waals surface area contributed by atoms with Gasteiger partial charge >= 0.3 is 0 Å². The summed E-state index contributed by atoms with van der Waals surface area (Å²) in [6.45, 7) is 0. The van der Waals surface area contributed by atoms with Gasteiger partial charge in [0.1, 0.15) is 11.9 Å². The van der Waals surface area contributed by atoms with Crippen LogP contribution in [0.4, 0.5) is 0 Å². The maximum Gasteiger partial charge on any atom is 0.151 e. The van der Waals surface area contributed by atoms with Gasteiger partial charge in [0.2, 0.25) is 0 Å². The summed E-state index contributed by atoms with van der Waals surface area (Å²) in [6, 6.07) is 16.3. The van der Waals surface area contributed by atoms with Crippen molar-refractivity contribution in [3.63, 3.8) is 0 Å². The van der Waals surface area contributed by atoms with E-state index >= 15 is 0 Å². The van der Waals surface area contributed by atoms with Crippen LogP contribution in [0.1, 0.15) is 23.7 Å². The molecule has 2 aromatic rings. The quantitative estimate of drug-likeness (QED) is 0.575. The molecule has 3 rings (SSSR count). The van der Waals surface area contributed by atoms with Crippen LogP contribution in [0.3, 0.4) is 0 Å². The van der Waals surface area contributed by atoms with E-state index in [1.54, 1.807) is 0 Å². The average molecular weight is 389 g/mol. The van der Waals surface area contributed by atoms with E-state index in [0.717, 1.165) is 22.2 Å². The number of hydrogen-bond donors (Lipinski definition) is 2. The summed E-state index contributed by atoms with van der Waals surface area (Å²) >= 11 is 4.86. The van der Waals surface area contributed by atoms with Gasteiger partial charge in [-0.3, -0.25) is 5.41 Å². The van der Waals surface area contributed by atoms with Gasteiger partial charge in [0.25, 0.3) is 0 Å². The smallest absolute Gasteiger partial charge is 0.151 e. The molecule has 0 bridgehead atoms. The minimum Gasteiger partial charge on any atom is -0.485 e.